The van der Waals surface area contributed by atoms with Gasteiger partial charge in [0.25, 0.3) is 5.97 Å². The second-order valence-electron chi connectivity index (χ2n) is 2.63. The first-order valence-corrected chi connectivity index (χ1v) is 11.7. The van der Waals surface area contributed by atoms with Crippen LogP contribution in [0.4, 0.5) is 0 Å². The van der Waals surface area contributed by atoms with E-state index in [9.17, 15) is 4.79 Å². The molecule has 0 saturated carbocycles. The van der Waals surface area contributed by atoms with E-state index in [1.165, 1.54) is 42.5 Å². The van der Waals surface area contributed by atoms with Gasteiger partial charge in [-0.2, -0.15) is 6.61 Å². The zero-order chi connectivity index (χ0) is 12.5. The molecule has 6 heteroatoms. The third-order valence-electron chi connectivity index (χ3n) is 1.42. The standard InChI is InChI=1S/C9H17O2.CN.BrH.Cu.Zn/c1-3-4-5-6-7-8-11-9(2)10;1-2;;;/h8H,3-7H2,1-2H3;;1H;;/q2*-1;;+1;+2/p-1. The molecular weight excluding hydrogens is 375 g/mol. The average Bonchev–Trinajstić information content (AvgIpc) is 2.28. The normalized spacial score (nSPS) is 7.19. The van der Waals surface area contributed by atoms with E-state index in [-0.39, 0.29) is 23.0 Å². The molecule has 0 bridgehead atoms. The molecule has 0 aliphatic heterocycles. The molecule has 0 rings (SSSR count). The summed E-state index contributed by atoms with van der Waals surface area (Å²) in [6.07, 6.45) is 5.76. The van der Waals surface area contributed by atoms with E-state index in [2.05, 4.69) is 25.3 Å². The summed E-state index contributed by atoms with van der Waals surface area (Å²) < 4.78 is 4.66. The van der Waals surface area contributed by atoms with Gasteiger partial charge in [0.1, 0.15) is 0 Å². The molecular formula is C10H17BrCuNO2Zn. The Labute approximate surface area is 126 Å². The van der Waals surface area contributed by atoms with Crippen molar-refractivity contribution in [2.24, 2.45) is 0 Å². The van der Waals surface area contributed by atoms with Crippen molar-refractivity contribution < 1.29 is 42.9 Å². The molecule has 0 amide bonds. The van der Waals surface area contributed by atoms with Gasteiger partial charge in [-0.1, -0.05) is 32.6 Å². The summed E-state index contributed by atoms with van der Waals surface area (Å²) in [5.74, 6) is -0.222. The zero-order valence-electron chi connectivity index (χ0n) is 9.76. The summed E-state index contributed by atoms with van der Waals surface area (Å²) in [6, 6.07) is 0. The molecule has 0 aromatic rings. The summed E-state index contributed by atoms with van der Waals surface area (Å²) in [6.45, 7) is 9.94. The van der Waals surface area contributed by atoms with Crippen LogP contribution in [0.5, 0.6) is 0 Å². The third-order valence-corrected chi connectivity index (χ3v) is 1.42. The fourth-order valence-electron chi connectivity index (χ4n) is 0.831. The summed E-state index contributed by atoms with van der Waals surface area (Å²) in [5, 5.41) is 6.25. The predicted molar refractivity (Wildman–Crippen MR) is 58.7 cm³/mol. The second kappa shape index (κ2) is 29.6. The first kappa shape index (κ1) is 25.4. The molecule has 0 aromatic carbocycles. The van der Waals surface area contributed by atoms with Gasteiger partial charge in [-0.25, -0.2) is 0 Å². The monoisotopic (exact) mass is 389 g/mol. The van der Waals surface area contributed by atoms with E-state index in [0.717, 1.165) is 12.8 Å². The van der Waals surface area contributed by atoms with Crippen molar-refractivity contribution in [1.82, 2.24) is 0 Å². The maximum absolute atomic E-state index is 10.3. The number of halogens is 1. The molecule has 94 valence electrons. The van der Waals surface area contributed by atoms with Crippen LogP contribution in [0.1, 0.15) is 46.0 Å². The fraction of sp³-hybridized carbons (Fsp3) is 0.700. The molecule has 0 saturated heterocycles. The minimum atomic E-state index is -0.222. The van der Waals surface area contributed by atoms with Crippen molar-refractivity contribution in [3.63, 3.8) is 0 Å². The number of hydrogen-bond donors (Lipinski definition) is 0. The first-order chi connectivity index (χ1) is 7.27. The van der Waals surface area contributed by atoms with Gasteiger partial charge in [-0.15, -0.1) is 6.42 Å². The molecule has 0 aromatic heterocycles. The van der Waals surface area contributed by atoms with Crippen LogP contribution in [0, 0.1) is 18.4 Å². The van der Waals surface area contributed by atoms with Gasteiger partial charge in [0.2, 0.25) is 0 Å². The number of nitrogens with zero attached hydrogens (tertiary/aromatic N) is 1. The Morgan fingerprint density at radius 2 is 1.88 bits per heavy atom. The van der Waals surface area contributed by atoms with Gasteiger partial charge in [0.15, 0.2) is 0 Å². The Hall–Kier alpha value is 0.583. The van der Waals surface area contributed by atoms with E-state index in [1.54, 1.807) is 6.61 Å². The van der Waals surface area contributed by atoms with Gasteiger partial charge < -0.3 is 16.6 Å². The molecule has 0 N–H and O–H groups in total. The van der Waals surface area contributed by atoms with Crippen molar-refractivity contribution in [2.75, 3.05) is 0 Å². The molecule has 16 heavy (non-hydrogen) atoms. The fourth-order valence-corrected chi connectivity index (χ4v) is 0.831. The molecule has 3 nitrogen and oxygen atoms in total. The molecule has 0 heterocycles. The van der Waals surface area contributed by atoms with Crippen LogP contribution < -0.4 is 0 Å². The van der Waals surface area contributed by atoms with E-state index in [4.69, 9.17) is 11.8 Å². The average molecular weight is 392 g/mol. The van der Waals surface area contributed by atoms with Gasteiger partial charge in [-0.05, 0) is 0 Å². The predicted octanol–water partition coefficient (Wildman–Crippen LogP) is 3.62. The third kappa shape index (κ3) is 36.5. The summed E-state index contributed by atoms with van der Waals surface area (Å²) in [5.41, 5.74) is 0. The van der Waals surface area contributed by atoms with Gasteiger partial charge in [0, 0.05) is 6.92 Å². The Bertz CT molecular complexity index is 148. The Morgan fingerprint density at radius 3 is 2.25 bits per heavy atom. The topological polar surface area (TPSA) is 50.1 Å². The van der Waals surface area contributed by atoms with Crippen molar-refractivity contribution in [3.8, 4) is 0 Å². The number of unbranched alkanes of at least 4 members (excludes halogenated alkanes) is 4. The molecule has 0 spiro atoms. The molecule has 0 atom stereocenters. The Morgan fingerprint density at radius 1 is 1.38 bits per heavy atom. The number of carbonyl (C=O) groups is 1. The zero-order valence-corrected chi connectivity index (χ0v) is 15.3. The van der Waals surface area contributed by atoms with E-state index in [1.807, 2.05) is 0 Å². The van der Waals surface area contributed by atoms with Crippen molar-refractivity contribution >= 4 is 19.6 Å². The minimum absolute atomic E-state index is 0. The van der Waals surface area contributed by atoms with E-state index >= 15 is 0 Å². The SMILES string of the molecule is CCCCCC[CH-]OC(C)=O.[C-]#N.[Cu+].[Zn+][Br]. The van der Waals surface area contributed by atoms with Crippen LogP contribution in [0.2, 0.25) is 0 Å². The van der Waals surface area contributed by atoms with Gasteiger partial charge in [-0.3, -0.25) is 4.79 Å². The summed E-state index contributed by atoms with van der Waals surface area (Å²) in [4.78, 5) is 10.3. The number of rotatable bonds is 6. The summed E-state index contributed by atoms with van der Waals surface area (Å²) >= 11 is 4.25. The molecule has 0 fully saturated rings. The number of ether oxygens (including phenoxy) is 1. The number of esters is 1. The van der Waals surface area contributed by atoms with Crippen LogP contribution in [0.15, 0.2) is 0 Å². The Balaban J connectivity index is -0.000000129. The maximum atomic E-state index is 10.3. The van der Waals surface area contributed by atoms with Gasteiger partial charge >= 0.3 is 47.0 Å². The number of carbonyl (C=O) groups excluding carboxylic acids is 1. The van der Waals surface area contributed by atoms with Crippen molar-refractivity contribution in [3.05, 3.63) is 13.2 Å². The number of hydrogen-bond acceptors (Lipinski definition) is 3. The van der Waals surface area contributed by atoms with Crippen LogP contribution in [-0.2, 0) is 42.9 Å². The van der Waals surface area contributed by atoms with E-state index < -0.39 is 0 Å². The second-order valence-corrected chi connectivity index (χ2v) is 2.63. The summed E-state index contributed by atoms with van der Waals surface area (Å²) in [7, 11) is 0. The van der Waals surface area contributed by atoms with Crippen molar-refractivity contribution in [2.45, 2.75) is 46.0 Å². The Kier molecular flexibility index (Phi) is 47.0. The first-order valence-electron chi connectivity index (χ1n) is 4.75. The van der Waals surface area contributed by atoms with Crippen LogP contribution in [-0.4, -0.2) is 5.97 Å². The van der Waals surface area contributed by atoms with Crippen molar-refractivity contribution in [1.29, 1.82) is 5.26 Å². The van der Waals surface area contributed by atoms with Crippen LogP contribution in [0.3, 0.4) is 0 Å². The molecule has 0 aliphatic carbocycles. The molecule has 0 unspecified atom stereocenters. The quantitative estimate of drug-likeness (QED) is 0.300. The molecule has 0 aliphatic rings. The van der Waals surface area contributed by atoms with E-state index in [0.29, 0.717) is 0 Å². The van der Waals surface area contributed by atoms with Gasteiger partial charge in [0.05, 0.1) is 0 Å². The van der Waals surface area contributed by atoms with Crippen LogP contribution in [0.25, 0.3) is 0 Å². The molecule has 0 radical (unpaired) electrons. The van der Waals surface area contributed by atoms with Crippen LogP contribution >= 0.6 is 13.6 Å².